The maximum Gasteiger partial charge on any atom is 0.256 e. The molecule has 8 heteroatoms. The lowest BCUT2D eigenvalue weighted by atomic mass is 10.0. The van der Waals surface area contributed by atoms with Gasteiger partial charge in [0.15, 0.2) is 0 Å². The molecule has 178 valence electrons. The summed E-state index contributed by atoms with van der Waals surface area (Å²) >= 11 is 5.91. The average Bonchev–Trinajstić information content (AvgIpc) is 2.86. The highest BCUT2D eigenvalue weighted by Gasteiger charge is 2.15. The van der Waals surface area contributed by atoms with E-state index in [1.165, 1.54) is 11.9 Å². The predicted octanol–water partition coefficient (Wildman–Crippen LogP) is 5.08. The Balaban J connectivity index is 1.27. The van der Waals surface area contributed by atoms with E-state index in [9.17, 15) is 4.79 Å². The molecular formula is C27H26ClN5O2. The van der Waals surface area contributed by atoms with Crippen molar-refractivity contribution in [1.29, 1.82) is 0 Å². The van der Waals surface area contributed by atoms with Crippen LogP contribution in [-0.2, 0) is 6.54 Å². The van der Waals surface area contributed by atoms with E-state index in [0.717, 1.165) is 49.2 Å². The van der Waals surface area contributed by atoms with Gasteiger partial charge in [0.1, 0.15) is 17.2 Å². The molecule has 1 N–H and O–H groups in total. The molecule has 0 bridgehead atoms. The zero-order chi connectivity index (χ0) is 24.2. The second-order valence-electron chi connectivity index (χ2n) is 8.70. The quantitative estimate of drug-likeness (QED) is 0.383. The van der Waals surface area contributed by atoms with Gasteiger partial charge in [-0.1, -0.05) is 35.9 Å². The highest BCUT2D eigenvalue weighted by atomic mass is 35.5. The molecule has 35 heavy (non-hydrogen) atoms. The van der Waals surface area contributed by atoms with Crippen LogP contribution in [0.2, 0.25) is 5.15 Å². The number of piperazine rings is 1. The monoisotopic (exact) mass is 487 g/mol. The average molecular weight is 488 g/mol. The van der Waals surface area contributed by atoms with Crippen molar-refractivity contribution in [2.24, 2.45) is 0 Å². The molecule has 7 nitrogen and oxygen atoms in total. The van der Waals surface area contributed by atoms with Crippen LogP contribution in [0.5, 0.6) is 11.6 Å². The number of nitrogens with zero attached hydrogens (tertiary/aromatic N) is 4. The standard InChI is InChI=1S/C27H26ClN5O2/c1-32-11-13-33(14-12-32)17-19-5-7-21(8-6-19)31-27(34)24-4-2-3-20-15-22(9-10-23(20)24)35-26-16-25(28)29-18-30-26/h2-10,15-16,18H,11-14,17H2,1H3,(H,31,34). The molecule has 5 rings (SSSR count). The van der Waals surface area contributed by atoms with Crippen molar-refractivity contribution < 1.29 is 9.53 Å². The first-order chi connectivity index (χ1) is 17.0. The minimum Gasteiger partial charge on any atom is -0.439 e. The molecule has 0 saturated carbocycles. The Hall–Kier alpha value is -3.52. The van der Waals surface area contributed by atoms with Crippen molar-refractivity contribution in [1.82, 2.24) is 19.8 Å². The maximum absolute atomic E-state index is 13.1. The summed E-state index contributed by atoms with van der Waals surface area (Å²) in [5.41, 5.74) is 2.62. The Labute approximate surface area is 209 Å². The normalized spacial score (nSPS) is 14.7. The van der Waals surface area contributed by atoms with Crippen LogP contribution in [0.3, 0.4) is 0 Å². The van der Waals surface area contributed by atoms with Crippen LogP contribution in [0.25, 0.3) is 10.8 Å². The smallest absolute Gasteiger partial charge is 0.256 e. The topological polar surface area (TPSA) is 70.6 Å². The first-order valence-electron chi connectivity index (χ1n) is 11.5. The Morgan fingerprint density at radius 2 is 1.80 bits per heavy atom. The third-order valence-electron chi connectivity index (χ3n) is 6.14. The van der Waals surface area contributed by atoms with Gasteiger partial charge in [0, 0.05) is 50.0 Å². The van der Waals surface area contributed by atoms with Crippen molar-refractivity contribution >= 4 is 34.0 Å². The van der Waals surface area contributed by atoms with E-state index in [4.69, 9.17) is 16.3 Å². The van der Waals surface area contributed by atoms with Crippen LogP contribution in [0, 0.1) is 0 Å². The van der Waals surface area contributed by atoms with Gasteiger partial charge in [-0.3, -0.25) is 9.69 Å². The number of aromatic nitrogens is 2. The summed E-state index contributed by atoms with van der Waals surface area (Å²) in [5, 5.41) is 5.06. The molecule has 1 aromatic heterocycles. The number of rotatable bonds is 6. The second kappa shape index (κ2) is 10.4. The van der Waals surface area contributed by atoms with Crippen LogP contribution >= 0.6 is 11.6 Å². The van der Waals surface area contributed by atoms with E-state index in [0.29, 0.717) is 22.3 Å². The molecule has 3 aromatic carbocycles. The first-order valence-corrected chi connectivity index (χ1v) is 11.9. The molecule has 1 aliphatic rings. The van der Waals surface area contributed by atoms with E-state index in [-0.39, 0.29) is 5.91 Å². The molecule has 1 amide bonds. The van der Waals surface area contributed by atoms with Gasteiger partial charge in [0.25, 0.3) is 5.91 Å². The molecule has 0 atom stereocenters. The van der Waals surface area contributed by atoms with Crippen LogP contribution in [0.15, 0.2) is 73.1 Å². The van der Waals surface area contributed by atoms with Crippen LogP contribution in [0.1, 0.15) is 15.9 Å². The molecule has 4 aromatic rings. The van der Waals surface area contributed by atoms with Crippen molar-refractivity contribution in [3.63, 3.8) is 0 Å². The second-order valence-corrected chi connectivity index (χ2v) is 9.09. The number of nitrogens with one attached hydrogen (secondary N) is 1. The third-order valence-corrected chi connectivity index (χ3v) is 6.35. The number of likely N-dealkylation sites (N-methyl/N-ethyl adjacent to an activating group) is 1. The number of carbonyl (C=O) groups excluding carboxylic acids is 1. The van der Waals surface area contributed by atoms with Gasteiger partial charge < -0.3 is 15.0 Å². The summed E-state index contributed by atoms with van der Waals surface area (Å²) in [6.45, 7) is 5.28. The van der Waals surface area contributed by atoms with Gasteiger partial charge in [0.2, 0.25) is 5.88 Å². The van der Waals surface area contributed by atoms with Gasteiger partial charge in [-0.2, -0.15) is 0 Å². The van der Waals surface area contributed by atoms with Crippen LogP contribution in [0.4, 0.5) is 5.69 Å². The minimum absolute atomic E-state index is 0.154. The van der Waals surface area contributed by atoms with Gasteiger partial charge >= 0.3 is 0 Å². The summed E-state index contributed by atoms with van der Waals surface area (Å²) in [4.78, 5) is 25.8. The fourth-order valence-electron chi connectivity index (χ4n) is 4.17. The molecule has 0 radical (unpaired) electrons. The number of amides is 1. The van der Waals surface area contributed by atoms with Gasteiger partial charge in [-0.15, -0.1) is 0 Å². The minimum atomic E-state index is -0.154. The van der Waals surface area contributed by atoms with Gasteiger partial charge in [-0.25, -0.2) is 9.97 Å². The van der Waals surface area contributed by atoms with Crippen LogP contribution < -0.4 is 10.1 Å². The summed E-state index contributed by atoms with van der Waals surface area (Å²) in [6.07, 6.45) is 1.35. The molecule has 1 saturated heterocycles. The number of carbonyl (C=O) groups is 1. The van der Waals surface area contributed by atoms with Crippen molar-refractivity contribution in [3.8, 4) is 11.6 Å². The SMILES string of the molecule is CN1CCN(Cc2ccc(NC(=O)c3cccc4cc(Oc5cc(Cl)ncn5)ccc34)cc2)CC1. The van der Waals surface area contributed by atoms with E-state index in [1.54, 1.807) is 6.07 Å². The van der Waals surface area contributed by atoms with E-state index < -0.39 is 0 Å². The van der Waals surface area contributed by atoms with Crippen molar-refractivity contribution in [3.05, 3.63) is 89.3 Å². The lowest BCUT2D eigenvalue weighted by molar-refractivity contribution is 0.102. The molecule has 0 aliphatic carbocycles. The Bertz CT molecular complexity index is 1340. The number of benzene rings is 3. The van der Waals surface area contributed by atoms with Crippen molar-refractivity contribution in [2.45, 2.75) is 6.54 Å². The maximum atomic E-state index is 13.1. The molecular weight excluding hydrogens is 462 g/mol. The number of halogens is 1. The highest BCUT2D eigenvalue weighted by molar-refractivity contribution is 6.29. The summed E-state index contributed by atoms with van der Waals surface area (Å²) in [6, 6.07) is 20.8. The van der Waals surface area contributed by atoms with E-state index >= 15 is 0 Å². The molecule has 1 fully saturated rings. The van der Waals surface area contributed by atoms with Crippen LogP contribution in [-0.4, -0.2) is 58.9 Å². The lowest BCUT2D eigenvalue weighted by Gasteiger charge is -2.32. The molecule has 1 aliphatic heterocycles. The summed E-state index contributed by atoms with van der Waals surface area (Å²) in [5.74, 6) is 0.800. The molecule has 0 unspecified atom stereocenters. The summed E-state index contributed by atoms with van der Waals surface area (Å²) < 4.78 is 5.79. The zero-order valence-corrected chi connectivity index (χ0v) is 20.2. The Morgan fingerprint density at radius 1 is 1.00 bits per heavy atom. The largest absolute Gasteiger partial charge is 0.439 e. The van der Waals surface area contributed by atoms with E-state index in [1.807, 2.05) is 48.5 Å². The number of ether oxygens (including phenoxy) is 1. The predicted molar refractivity (Wildman–Crippen MR) is 138 cm³/mol. The Kier molecular flexibility index (Phi) is 6.90. The van der Waals surface area contributed by atoms with Crippen molar-refractivity contribution in [2.75, 3.05) is 38.5 Å². The fraction of sp³-hybridized carbons (Fsp3) is 0.222. The highest BCUT2D eigenvalue weighted by Crippen LogP contribution is 2.28. The number of fused-ring (bicyclic) bond motifs is 1. The third kappa shape index (κ3) is 5.77. The number of hydrogen-bond donors (Lipinski definition) is 1. The molecule has 2 heterocycles. The Morgan fingerprint density at radius 3 is 2.57 bits per heavy atom. The fourth-order valence-corrected chi connectivity index (χ4v) is 4.31. The lowest BCUT2D eigenvalue weighted by Crippen LogP contribution is -2.43. The molecule has 0 spiro atoms. The van der Waals surface area contributed by atoms with E-state index in [2.05, 4.69) is 44.3 Å². The number of anilines is 1. The van der Waals surface area contributed by atoms with Gasteiger partial charge in [0.05, 0.1) is 0 Å². The summed E-state index contributed by atoms with van der Waals surface area (Å²) in [7, 11) is 2.16. The first kappa shape index (κ1) is 23.2. The number of hydrogen-bond acceptors (Lipinski definition) is 6. The zero-order valence-electron chi connectivity index (χ0n) is 19.4. The van der Waals surface area contributed by atoms with Gasteiger partial charge in [-0.05, 0) is 59.8 Å².